The summed E-state index contributed by atoms with van der Waals surface area (Å²) in [7, 11) is 0. The van der Waals surface area contributed by atoms with Crippen molar-refractivity contribution in [1.29, 1.82) is 0 Å². The van der Waals surface area contributed by atoms with E-state index in [9.17, 15) is 9.90 Å². The molecule has 6 rings (SSSR count). The Kier molecular flexibility index (Phi) is 7.71. The molecule has 7 heteroatoms. The fourth-order valence-corrected chi connectivity index (χ4v) is 5.25. The van der Waals surface area contributed by atoms with Crippen molar-refractivity contribution in [2.45, 2.75) is 18.4 Å². The molecule has 7 nitrogen and oxygen atoms in total. The molecule has 4 aromatic carbocycles. The molecule has 1 N–H and O–H groups in total. The maximum Gasteiger partial charge on any atom is 0.337 e. The zero-order chi connectivity index (χ0) is 28.1. The van der Waals surface area contributed by atoms with Gasteiger partial charge in [-0.15, -0.1) is 0 Å². The minimum absolute atomic E-state index is 0.157. The molecule has 208 valence electrons. The molecule has 0 radical (unpaired) electrons. The molecule has 1 saturated heterocycles. The number of aromatic nitrogens is 2. The van der Waals surface area contributed by atoms with Gasteiger partial charge in [-0.1, -0.05) is 48.5 Å². The molecule has 1 aliphatic rings. The average Bonchev–Trinajstić information content (AvgIpc) is 3.41. The van der Waals surface area contributed by atoms with Gasteiger partial charge in [-0.2, -0.15) is 0 Å². The summed E-state index contributed by atoms with van der Waals surface area (Å²) in [5, 5.41) is 11.0. The van der Waals surface area contributed by atoms with Crippen LogP contribution in [0.2, 0.25) is 0 Å². The van der Waals surface area contributed by atoms with E-state index in [0.29, 0.717) is 25.2 Å². The van der Waals surface area contributed by atoms with Gasteiger partial charge in [0.05, 0.1) is 17.0 Å². The van der Waals surface area contributed by atoms with Crippen LogP contribution in [0.5, 0.6) is 17.2 Å². The first-order valence-electron chi connectivity index (χ1n) is 13.9. The predicted molar refractivity (Wildman–Crippen MR) is 159 cm³/mol. The maximum absolute atomic E-state index is 13.2. The number of benzene rings is 4. The standard InChI is InChI=1S/C34H33N3O4/c38-33-36(23-24-37(33)29-13-17-32(18-14-29)41-31-9-5-2-6-10-31)28-11-15-30(16-12-28)40-26-25-35-21-19-34(39,20-22-35)27-7-3-1-4-8-27/h1-18,23-24,39H,19-22,25-26H2. The van der Waals surface area contributed by atoms with Crippen LogP contribution in [-0.4, -0.2) is 45.4 Å². The van der Waals surface area contributed by atoms with E-state index >= 15 is 0 Å². The lowest BCUT2D eigenvalue weighted by Gasteiger charge is -2.38. The predicted octanol–water partition coefficient (Wildman–Crippen LogP) is 5.78. The Morgan fingerprint density at radius 3 is 1.76 bits per heavy atom. The monoisotopic (exact) mass is 547 g/mol. The van der Waals surface area contributed by atoms with E-state index in [2.05, 4.69) is 4.90 Å². The topological polar surface area (TPSA) is 68.9 Å². The van der Waals surface area contributed by atoms with Crippen molar-refractivity contribution in [3.8, 4) is 28.6 Å². The highest BCUT2D eigenvalue weighted by Crippen LogP contribution is 2.32. The Morgan fingerprint density at radius 1 is 0.659 bits per heavy atom. The second-order valence-corrected chi connectivity index (χ2v) is 10.3. The lowest BCUT2D eigenvalue weighted by Crippen LogP contribution is -2.43. The molecular formula is C34H33N3O4. The van der Waals surface area contributed by atoms with Gasteiger partial charge in [0.1, 0.15) is 23.9 Å². The molecular weight excluding hydrogens is 514 g/mol. The highest BCUT2D eigenvalue weighted by atomic mass is 16.5. The maximum atomic E-state index is 13.2. The van der Waals surface area contributed by atoms with E-state index in [1.165, 1.54) is 0 Å². The minimum atomic E-state index is -0.744. The summed E-state index contributed by atoms with van der Waals surface area (Å²) in [6, 6.07) is 34.5. The Morgan fingerprint density at radius 2 is 1.17 bits per heavy atom. The third kappa shape index (κ3) is 6.11. The number of hydrogen-bond donors (Lipinski definition) is 1. The summed E-state index contributed by atoms with van der Waals surface area (Å²) in [6.45, 7) is 3.01. The van der Waals surface area contributed by atoms with Crippen molar-refractivity contribution in [2.75, 3.05) is 26.2 Å². The second-order valence-electron chi connectivity index (χ2n) is 10.3. The van der Waals surface area contributed by atoms with Crippen LogP contribution in [0.1, 0.15) is 18.4 Å². The summed E-state index contributed by atoms with van der Waals surface area (Å²) < 4.78 is 15.1. The van der Waals surface area contributed by atoms with E-state index in [0.717, 1.165) is 48.1 Å². The largest absolute Gasteiger partial charge is 0.492 e. The number of imidazole rings is 1. The van der Waals surface area contributed by atoms with Crippen LogP contribution in [0, 0.1) is 0 Å². The summed E-state index contributed by atoms with van der Waals surface area (Å²) in [5.74, 6) is 2.23. The van der Waals surface area contributed by atoms with Crippen LogP contribution in [-0.2, 0) is 5.60 Å². The van der Waals surface area contributed by atoms with Crippen molar-refractivity contribution < 1.29 is 14.6 Å². The van der Waals surface area contributed by atoms with E-state index < -0.39 is 5.60 Å². The number of rotatable bonds is 9. The van der Waals surface area contributed by atoms with Crippen LogP contribution < -0.4 is 15.2 Å². The highest BCUT2D eigenvalue weighted by molar-refractivity contribution is 5.41. The van der Waals surface area contributed by atoms with Crippen molar-refractivity contribution in [3.63, 3.8) is 0 Å². The fourth-order valence-electron chi connectivity index (χ4n) is 5.25. The number of nitrogens with zero attached hydrogens (tertiary/aromatic N) is 3. The van der Waals surface area contributed by atoms with Gasteiger partial charge in [-0.3, -0.25) is 14.0 Å². The molecule has 0 saturated carbocycles. The van der Waals surface area contributed by atoms with Crippen LogP contribution in [0.25, 0.3) is 11.4 Å². The molecule has 1 fully saturated rings. The van der Waals surface area contributed by atoms with Gasteiger partial charge in [-0.05, 0) is 79.1 Å². The second kappa shape index (κ2) is 11.9. The van der Waals surface area contributed by atoms with Gasteiger partial charge in [0.2, 0.25) is 0 Å². The minimum Gasteiger partial charge on any atom is -0.492 e. The molecule has 0 amide bonds. The third-order valence-electron chi connectivity index (χ3n) is 7.66. The van der Waals surface area contributed by atoms with Gasteiger partial charge in [0.15, 0.2) is 0 Å². The number of piperidine rings is 1. The average molecular weight is 548 g/mol. The van der Waals surface area contributed by atoms with Crippen LogP contribution >= 0.6 is 0 Å². The smallest absolute Gasteiger partial charge is 0.337 e. The molecule has 0 unspecified atom stereocenters. The van der Waals surface area contributed by atoms with Crippen molar-refractivity contribution >= 4 is 0 Å². The lowest BCUT2D eigenvalue weighted by molar-refractivity contribution is -0.0278. The van der Waals surface area contributed by atoms with Crippen LogP contribution in [0.4, 0.5) is 0 Å². The highest BCUT2D eigenvalue weighted by Gasteiger charge is 2.33. The zero-order valence-electron chi connectivity index (χ0n) is 22.8. The summed E-state index contributed by atoms with van der Waals surface area (Å²) in [4.78, 5) is 15.5. The first-order chi connectivity index (χ1) is 20.1. The first-order valence-corrected chi connectivity index (χ1v) is 13.9. The van der Waals surface area contributed by atoms with Crippen molar-refractivity contribution in [3.05, 3.63) is 138 Å². The molecule has 0 spiro atoms. The van der Waals surface area contributed by atoms with Crippen LogP contribution in [0.15, 0.2) is 126 Å². The van der Waals surface area contributed by atoms with Gasteiger partial charge < -0.3 is 14.6 Å². The third-order valence-corrected chi connectivity index (χ3v) is 7.66. The molecule has 2 heterocycles. The van der Waals surface area contributed by atoms with Gasteiger partial charge in [-0.25, -0.2) is 4.79 Å². The molecule has 1 aliphatic heterocycles. The van der Waals surface area contributed by atoms with Gasteiger partial charge >= 0.3 is 5.69 Å². The zero-order valence-corrected chi connectivity index (χ0v) is 22.8. The summed E-state index contributed by atoms with van der Waals surface area (Å²) in [5.41, 5.74) is 1.62. The lowest BCUT2D eigenvalue weighted by atomic mass is 9.84. The Balaban J connectivity index is 1.02. The first kappa shape index (κ1) is 26.6. The number of aliphatic hydroxyl groups is 1. The molecule has 1 aromatic heterocycles. The van der Waals surface area contributed by atoms with E-state index in [-0.39, 0.29) is 5.69 Å². The van der Waals surface area contributed by atoms with E-state index in [4.69, 9.17) is 9.47 Å². The fraction of sp³-hybridized carbons (Fsp3) is 0.206. The van der Waals surface area contributed by atoms with Gasteiger partial charge in [0, 0.05) is 32.0 Å². The van der Waals surface area contributed by atoms with Crippen molar-refractivity contribution in [2.24, 2.45) is 0 Å². The van der Waals surface area contributed by atoms with Crippen LogP contribution in [0.3, 0.4) is 0 Å². The number of ether oxygens (including phenoxy) is 2. The molecule has 41 heavy (non-hydrogen) atoms. The van der Waals surface area contributed by atoms with Crippen molar-refractivity contribution in [1.82, 2.24) is 14.0 Å². The van der Waals surface area contributed by atoms with E-state index in [1.54, 1.807) is 21.5 Å². The SMILES string of the molecule is O=c1n(-c2ccc(OCCN3CCC(O)(c4ccccc4)CC3)cc2)ccn1-c1ccc(Oc2ccccc2)cc1. The Bertz CT molecular complexity index is 1600. The molecule has 0 atom stereocenters. The molecule has 0 bridgehead atoms. The van der Waals surface area contributed by atoms with Gasteiger partial charge in [0.25, 0.3) is 0 Å². The molecule has 0 aliphatic carbocycles. The van der Waals surface area contributed by atoms with E-state index in [1.807, 2.05) is 109 Å². The summed E-state index contributed by atoms with van der Waals surface area (Å²) in [6.07, 6.45) is 4.95. The normalized spacial score (nSPS) is 15.0. The number of hydrogen-bond acceptors (Lipinski definition) is 5. The Hall–Kier alpha value is -4.59. The number of likely N-dealkylation sites (tertiary alicyclic amines) is 1. The Labute approximate surface area is 239 Å². The number of para-hydroxylation sites is 1. The molecule has 5 aromatic rings. The summed E-state index contributed by atoms with van der Waals surface area (Å²) >= 11 is 0. The quantitative estimate of drug-likeness (QED) is 0.253.